The van der Waals surface area contributed by atoms with Gasteiger partial charge in [-0.25, -0.2) is 4.68 Å². The topological polar surface area (TPSA) is 94.5 Å². The first-order chi connectivity index (χ1) is 15.2. The van der Waals surface area contributed by atoms with E-state index in [0.717, 1.165) is 35.7 Å². The molecule has 2 aliphatic heterocycles. The van der Waals surface area contributed by atoms with Crippen LogP contribution in [0.3, 0.4) is 0 Å². The predicted molar refractivity (Wildman–Crippen MR) is 114 cm³/mol. The molecule has 0 atom stereocenters. The van der Waals surface area contributed by atoms with Gasteiger partial charge in [0.1, 0.15) is 11.5 Å². The summed E-state index contributed by atoms with van der Waals surface area (Å²) in [4.78, 5) is 18.3. The minimum atomic E-state index is -0.0275. The van der Waals surface area contributed by atoms with Gasteiger partial charge in [0, 0.05) is 36.2 Å². The number of aromatic nitrogens is 4. The van der Waals surface area contributed by atoms with Gasteiger partial charge in [0.05, 0.1) is 30.6 Å². The molecule has 1 fully saturated rings. The third-order valence-corrected chi connectivity index (χ3v) is 5.58. The number of ether oxygens (including phenoxy) is 3. The highest BCUT2D eigenvalue weighted by atomic mass is 16.7. The van der Waals surface area contributed by atoms with Crippen LogP contribution in [0.2, 0.25) is 0 Å². The second kappa shape index (κ2) is 7.13. The number of H-pyrrole nitrogens is 1. The summed E-state index contributed by atoms with van der Waals surface area (Å²) in [5.41, 5.74) is 3.08. The van der Waals surface area contributed by atoms with Crippen LogP contribution < -0.4 is 19.8 Å². The SMILES string of the molecule is O=c1cc(N2CCOCC2)[nH]c2ccc(-c3cn(-c4ccc5c(c4)OCO5)nn3)cc12. The molecule has 1 saturated heterocycles. The summed E-state index contributed by atoms with van der Waals surface area (Å²) in [6.07, 6.45) is 1.83. The van der Waals surface area contributed by atoms with Gasteiger partial charge in [0.2, 0.25) is 6.79 Å². The minimum Gasteiger partial charge on any atom is -0.454 e. The fourth-order valence-corrected chi connectivity index (χ4v) is 3.92. The molecule has 9 nitrogen and oxygen atoms in total. The van der Waals surface area contributed by atoms with Crippen molar-refractivity contribution >= 4 is 16.7 Å². The van der Waals surface area contributed by atoms with Crippen molar-refractivity contribution in [1.29, 1.82) is 0 Å². The van der Waals surface area contributed by atoms with Crippen LogP contribution in [-0.2, 0) is 4.74 Å². The molecule has 31 heavy (non-hydrogen) atoms. The van der Waals surface area contributed by atoms with E-state index in [9.17, 15) is 4.79 Å². The summed E-state index contributed by atoms with van der Waals surface area (Å²) < 4.78 is 17.9. The summed E-state index contributed by atoms with van der Waals surface area (Å²) in [7, 11) is 0. The lowest BCUT2D eigenvalue weighted by atomic mass is 10.1. The van der Waals surface area contributed by atoms with Crippen molar-refractivity contribution in [3.63, 3.8) is 0 Å². The van der Waals surface area contributed by atoms with Gasteiger partial charge in [0.15, 0.2) is 16.9 Å². The fourth-order valence-electron chi connectivity index (χ4n) is 3.92. The number of rotatable bonds is 3. The molecule has 4 heterocycles. The highest BCUT2D eigenvalue weighted by Gasteiger charge is 2.16. The number of anilines is 1. The average Bonchev–Trinajstić information content (AvgIpc) is 3.49. The average molecular weight is 417 g/mol. The third kappa shape index (κ3) is 3.19. The molecule has 2 aliphatic rings. The largest absolute Gasteiger partial charge is 0.454 e. The number of hydrogen-bond donors (Lipinski definition) is 1. The molecule has 0 bridgehead atoms. The number of aromatic amines is 1. The lowest BCUT2D eigenvalue weighted by molar-refractivity contribution is 0.122. The van der Waals surface area contributed by atoms with Crippen molar-refractivity contribution in [2.45, 2.75) is 0 Å². The van der Waals surface area contributed by atoms with Crippen molar-refractivity contribution in [2.24, 2.45) is 0 Å². The van der Waals surface area contributed by atoms with Crippen LogP contribution in [0.4, 0.5) is 5.82 Å². The van der Waals surface area contributed by atoms with Crippen LogP contribution in [-0.4, -0.2) is 53.1 Å². The minimum absolute atomic E-state index is 0.0275. The van der Waals surface area contributed by atoms with Gasteiger partial charge in [0.25, 0.3) is 0 Å². The zero-order chi connectivity index (χ0) is 20.8. The maximum absolute atomic E-state index is 12.8. The van der Waals surface area contributed by atoms with E-state index in [1.54, 1.807) is 10.7 Å². The maximum Gasteiger partial charge on any atom is 0.231 e. The Hall–Kier alpha value is -3.85. The van der Waals surface area contributed by atoms with Crippen LogP contribution >= 0.6 is 0 Å². The molecule has 4 aromatic rings. The second-order valence-electron chi connectivity index (χ2n) is 7.46. The molecule has 0 spiro atoms. The Morgan fingerprint density at radius 2 is 1.84 bits per heavy atom. The molecule has 0 aliphatic carbocycles. The van der Waals surface area contributed by atoms with E-state index < -0.39 is 0 Å². The number of nitrogens with zero attached hydrogens (tertiary/aromatic N) is 4. The van der Waals surface area contributed by atoms with E-state index in [4.69, 9.17) is 14.2 Å². The Kier molecular flexibility index (Phi) is 4.13. The molecule has 6 rings (SSSR count). The summed E-state index contributed by atoms with van der Waals surface area (Å²) in [5, 5.41) is 9.14. The van der Waals surface area contributed by atoms with Crippen molar-refractivity contribution in [2.75, 3.05) is 38.0 Å². The number of fused-ring (bicyclic) bond motifs is 2. The summed E-state index contributed by atoms with van der Waals surface area (Å²) >= 11 is 0. The summed E-state index contributed by atoms with van der Waals surface area (Å²) in [6, 6.07) is 13.0. The number of pyridine rings is 1. The van der Waals surface area contributed by atoms with Crippen LogP contribution in [0.15, 0.2) is 53.5 Å². The summed E-state index contributed by atoms with van der Waals surface area (Å²) in [6.45, 7) is 3.08. The zero-order valence-corrected chi connectivity index (χ0v) is 16.6. The lowest BCUT2D eigenvalue weighted by Crippen LogP contribution is -2.37. The highest BCUT2D eigenvalue weighted by Crippen LogP contribution is 2.33. The fraction of sp³-hybridized carbons (Fsp3) is 0.227. The third-order valence-electron chi connectivity index (χ3n) is 5.58. The van der Waals surface area contributed by atoms with E-state index in [1.807, 2.05) is 42.6 Å². The Balaban J connectivity index is 1.33. The van der Waals surface area contributed by atoms with Gasteiger partial charge in [-0.1, -0.05) is 11.3 Å². The van der Waals surface area contributed by atoms with Gasteiger partial charge in [-0.15, -0.1) is 5.10 Å². The quantitative estimate of drug-likeness (QED) is 0.547. The van der Waals surface area contributed by atoms with Gasteiger partial charge in [-0.3, -0.25) is 4.79 Å². The highest BCUT2D eigenvalue weighted by molar-refractivity contribution is 5.85. The van der Waals surface area contributed by atoms with Crippen molar-refractivity contribution in [1.82, 2.24) is 20.0 Å². The second-order valence-corrected chi connectivity index (χ2v) is 7.46. The number of morpholine rings is 1. The van der Waals surface area contributed by atoms with Crippen LogP contribution in [0.1, 0.15) is 0 Å². The molecule has 0 unspecified atom stereocenters. The van der Waals surface area contributed by atoms with Gasteiger partial charge in [-0.2, -0.15) is 0 Å². The van der Waals surface area contributed by atoms with E-state index in [1.165, 1.54) is 0 Å². The Morgan fingerprint density at radius 1 is 0.968 bits per heavy atom. The number of benzene rings is 2. The normalized spacial score (nSPS) is 15.5. The van der Waals surface area contributed by atoms with E-state index in [-0.39, 0.29) is 12.2 Å². The Labute approximate surface area is 176 Å². The van der Waals surface area contributed by atoms with Crippen molar-refractivity contribution in [3.8, 4) is 28.4 Å². The molecule has 1 N–H and O–H groups in total. The van der Waals surface area contributed by atoms with Crippen molar-refractivity contribution in [3.05, 3.63) is 58.9 Å². The van der Waals surface area contributed by atoms with Crippen LogP contribution in [0, 0.1) is 0 Å². The standard InChI is InChI=1S/C22H19N5O4/c28-19-11-22(26-5-7-29-8-6-26)23-17-3-1-14(9-16(17)19)18-12-27(25-24-18)15-2-4-20-21(10-15)31-13-30-20/h1-4,9-12H,5-8,13H2,(H,23,28). The van der Waals surface area contributed by atoms with Gasteiger partial charge >= 0.3 is 0 Å². The molecular weight excluding hydrogens is 398 g/mol. The van der Waals surface area contributed by atoms with Crippen molar-refractivity contribution < 1.29 is 14.2 Å². The molecule has 0 radical (unpaired) electrons. The Bertz CT molecular complexity index is 1340. The maximum atomic E-state index is 12.8. The lowest BCUT2D eigenvalue weighted by Gasteiger charge is -2.28. The Morgan fingerprint density at radius 3 is 2.74 bits per heavy atom. The van der Waals surface area contributed by atoms with Gasteiger partial charge in [-0.05, 0) is 24.3 Å². The molecule has 9 heteroatoms. The van der Waals surface area contributed by atoms with E-state index in [0.29, 0.717) is 35.8 Å². The van der Waals surface area contributed by atoms with Gasteiger partial charge < -0.3 is 24.1 Å². The molecule has 156 valence electrons. The van der Waals surface area contributed by atoms with E-state index >= 15 is 0 Å². The monoisotopic (exact) mass is 417 g/mol. The molecular formula is C22H19N5O4. The van der Waals surface area contributed by atoms with Crippen LogP contribution in [0.25, 0.3) is 27.8 Å². The number of nitrogens with one attached hydrogen (secondary N) is 1. The smallest absolute Gasteiger partial charge is 0.231 e. The zero-order valence-electron chi connectivity index (χ0n) is 16.6. The number of hydrogen-bond acceptors (Lipinski definition) is 7. The molecule has 2 aromatic heterocycles. The van der Waals surface area contributed by atoms with Crippen LogP contribution in [0.5, 0.6) is 11.5 Å². The first-order valence-corrected chi connectivity index (χ1v) is 10.1. The molecule has 0 amide bonds. The van der Waals surface area contributed by atoms with E-state index in [2.05, 4.69) is 20.2 Å². The first-order valence-electron chi connectivity index (χ1n) is 10.1. The summed E-state index contributed by atoms with van der Waals surface area (Å²) in [5.74, 6) is 2.22. The molecule has 2 aromatic carbocycles. The molecule has 0 saturated carbocycles. The first kappa shape index (κ1) is 18.0. The predicted octanol–water partition coefficient (Wildman–Crippen LogP) is 2.34.